The fourth-order valence-electron chi connectivity index (χ4n) is 3.37. The molecule has 0 radical (unpaired) electrons. The molecule has 1 aliphatic heterocycles. The van der Waals surface area contributed by atoms with Crippen molar-refractivity contribution in [1.29, 1.82) is 0 Å². The monoisotopic (exact) mass is 516 g/mol. The summed E-state index contributed by atoms with van der Waals surface area (Å²) in [4.78, 5) is 8.60. The average Bonchev–Trinajstić information content (AvgIpc) is 3.20. The number of hydrogen-bond donors (Lipinski definition) is 2. The number of ether oxygens (including phenoxy) is 3. The van der Waals surface area contributed by atoms with Gasteiger partial charge in [0.25, 0.3) is 0 Å². The van der Waals surface area contributed by atoms with Crippen molar-refractivity contribution in [2.45, 2.75) is 31.8 Å². The first kappa shape index (κ1) is 23.0. The van der Waals surface area contributed by atoms with E-state index in [-0.39, 0.29) is 30.0 Å². The van der Waals surface area contributed by atoms with Crippen LogP contribution in [-0.4, -0.2) is 61.7 Å². The molecule has 0 amide bonds. The maximum atomic E-state index is 5.51. The van der Waals surface area contributed by atoms with Crippen LogP contribution in [0.1, 0.15) is 17.8 Å². The summed E-state index contributed by atoms with van der Waals surface area (Å²) in [7, 11) is 6.69. The molecule has 3 rings (SSSR count). The van der Waals surface area contributed by atoms with Gasteiger partial charge in [-0.15, -0.1) is 24.0 Å². The van der Waals surface area contributed by atoms with Crippen molar-refractivity contribution in [1.82, 2.24) is 25.4 Å². The minimum Gasteiger partial charge on any atom is -0.496 e. The second-order valence-electron chi connectivity index (χ2n) is 6.50. The zero-order chi connectivity index (χ0) is 19.9. The fourth-order valence-corrected chi connectivity index (χ4v) is 3.37. The molecule has 1 aliphatic rings. The van der Waals surface area contributed by atoms with Crippen LogP contribution in [0.25, 0.3) is 0 Å². The predicted molar refractivity (Wildman–Crippen MR) is 122 cm³/mol. The first-order chi connectivity index (χ1) is 13.7. The molecule has 10 heteroatoms. The molecule has 1 unspecified atom stereocenters. The predicted octanol–water partition coefficient (Wildman–Crippen LogP) is 1.64. The summed E-state index contributed by atoms with van der Waals surface area (Å²) in [6.07, 6.45) is 4.24. The van der Waals surface area contributed by atoms with Gasteiger partial charge in [0.05, 0.1) is 27.9 Å². The summed E-state index contributed by atoms with van der Waals surface area (Å²) in [5, 5.41) is 11.1. The Morgan fingerprint density at radius 3 is 2.55 bits per heavy atom. The van der Waals surface area contributed by atoms with Gasteiger partial charge in [-0.25, -0.2) is 9.67 Å². The number of nitrogens with zero attached hydrogens (tertiary/aromatic N) is 4. The minimum atomic E-state index is 0. The van der Waals surface area contributed by atoms with Crippen LogP contribution in [0.4, 0.5) is 0 Å². The van der Waals surface area contributed by atoms with E-state index in [9.17, 15) is 0 Å². The lowest BCUT2D eigenvalue weighted by Gasteiger charge is -2.25. The highest BCUT2D eigenvalue weighted by atomic mass is 127. The second-order valence-corrected chi connectivity index (χ2v) is 6.50. The van der Waals surface area contributed by atoms with Crippen molar-refractivity contribution in [3.63, 3.8) is 0 Å². The molecule has 0 bridgehead atoms. The van der Waals surface area contributed by atoms with E-state index >= 15 is 0 Å². The van der Waals surface area contributed by atoms with E-state index < -0.39 is 0 Å². The van der Waals surface area contributed by atoms with Crippen molar-refractivity contribution >= 4 is 29.9 Å². The molecule has 160 valence electrons. The van der Waals surface area contributed by atoms with E-state index in [0.717, 1.165) is 54.7 Å². The van der Waals surface area contributed by atoms with Gasteiger partial charge in [0.15, 0.2) is 5.96 Å². The van der Waals surface area contributed by atoms with Crippen molar-refractivity contribution in [2.24, 2.45) is 4.99 Å². The molecule has 2 N–H and O–H groups in total. The lowest BCUT2D eigenvalue weighted by molar-refractivity contribution is 0.368. The summed E-state index contributed by atoms with van der Waals surface area (Å²) < 4.78 is 18.3. The third-order valence-corrected chi connectivity index (χ3v) is 4.85. The highest BCUT2D eigenvalue weighted by molar-refractivity contribution is 14.0. The molecule has 29 heavy (non-hydrogen) atoms. The van der Waals surface area contributed by atoms with E-state index in [1.165, 1.54) is 0 Å². The fraction of sp³-hybridized carbons (Fsp3) is 0.526. The minimum absolute atomic E-state index is 0. The molecule has 2 heterocycles. The topological polar surface area (TPSA) is 94.8 Å². The summed E-state index contributed by atoms with van der Waals surface area (Å²) in [5.41, 5.74) is 0.985. The van der Waals surface area contributed by atoms with E-state index in [2.05, 4.69) is 25.7 Å². The number of methoxy groups -OCH3 is 3. The third kappa shape index (κ3) is 5.64. The molecule has 0 fully saturated rings. The molecular weight excluding hydrogens is 487 g/mol. The Bertz CT molecular complexity index is 801. The third-order valence-electron chi connectivity index (χ3n) is 4.85. The van der Waals surface area contributed by atoms with Crippen LogP contribution in [0, 0.1) is 0 Å². The molecule has 0 aliphatic carbocycles. The lowest BCUT2D eigenvalue weighted by atomic mass is 10.1. The Morgan fingerprint density at radius 1 is 1.21 bits per heavy atom. The molecule has 1 atom stereocenters. The highest BCUT2D eigenvalue weighted by Crippen LogP contribution is 2.34. The van der Waals surface area contributed by atoms with Gasteiger partial charge in [0, 0.05) is 43.8 Å². The number of fused-ring (bicyclic) bond motifs is 1. The Hall–Kier alpha value is -2.24. The first-order valence-electron chi connectivity index (χ1n) is 9.31. The van der Waals surface area contributed by atoms with Gasteiger partial charge in [-0.1, -0.05) is 0 Å². The summed E-state index contributed by atoms with van der Waals surface area (Å²) in [6, 6.07) is 4.00. The number of hydrogen-bond acceptors (Lipinski definition) is 6. The van der Waals surface area contributed by atoms with Gasteiger partial charge in [-0.3, -0.25) is 4.99 Å². The number of nitrogens with one attached hydrogen (secondary N) is 2. The highest BCUT2D eigenvalue weighted by Gasteiger charge is 2.20. The van der Waals surface area contributed by atoms with Gasteiger partial charge < -0.3 is 24.8 Å². The SMILES string of the molecule is CN=C(NCCc1c(OC)cc(OC)cc1OC)NC1CCc2ncnn2C1.I. The van der Waals surface area contributed by atoms with Crippen molar-refractivity contribution in [2.75, 3.05) is 34.9 Å². The Morgan fingerprint density at radius 2 is 1.93 bits per heavy atom. The zero-order valence-corrected chi connectivity index (χ0v) is 19.6. The number of halogens is 1. The van der Waals surface area contributed by atoms with Gasteiger partial charge >= 0.3 is 0 Å². The number of aliphatic imine (C=N–C) groups is 1. The van der Waals surface area contributed by atoms with Crippen LogP contribution in [-0.2, 0) is 19.4 Å². The summed E-state index contributed by atoms with van der Waals surface area (Å²) in [5.74, 6) is 3.99. The molecule has 9 nitrogen and oxygen atoms in total. The molecule has 1 aromatic carbocycles. The van der Waals surface area contributed by atoms with Crippen LogP contribution in [0.2, 0.25) is 0 Å². The molecule has 1 aromatic heterocycles. The molecule has 0 spiro atoms. The first-order valence-corrected chi connectivity index (χ1v) is 9.31. The van der Waals surface area contributed by atoms with Crippen LogP contribution in [0.15, 0.2) is 23.5 Å². The smallest absolute Gasteiger partial charge is 0.191 e. The van der Waals surface area contributed by atoms with Gasteiger partial charge in [-0.2, -0.15) is 5.10 Å². The normalized spacial score (nSPS) is 15.7. The summed E-state index contributed by atoms with van der Waals surface area (Å²) >= 11 is 0. The molecule has 0 saturated heterocycles. The van der Waals surface area contributed by atoms with E-state index in [1.807, 2.05) is 16.8 Å². The standard InChI is InChI=1S/C19H28N6O3.HI/c1-20-19(24-13-5-6-18-22-12-23-25(18)11-13)21-8-7-15-16(27-3)9-14(26-2)10-17(15)28-4;/h9-10,12-13H,5-8,11H2,1-4H3,(H2,20,21,24);1H. The number of aromatic nitrogens is 3. The zero-order valence-electron chi connectivity index (χ0n) is 17.3. The number of aryl methyl sites for hydroxylation is 1. The van der Waals surface area contributed by atoms with Gasteiger partial charge in [0.1, 0.15) is 29.4 Å². The van der Waals surface area contributed by atoms with Crippen molar-refractivity contribution < 1.29 is 14.2 Å². The molecule has 2 aromatic rings. The maximum absolute atomic E-state index is 5.51. The Balaban J connectivity index is 0.00000300. The quantitative estimate of drug-likeness (QED) is 0.328. The van der Waals surface area contributed by atoms with E-state index in [0.29, 0.717) is 12.3 Å². The number of benzene rings is 1. The number of guanidine groups is 1. The molecule has 0 saturated carbocycles. The second kappa shape index (κ2) is 11.1. The molecular formula is C19H29IN6O3. The Kier molecular flexibility index (Phi) is 8.80. The van der Waals surface area contributed by atoms with Crippen LogP contribution < -0.4 is 24.8 Å². The van der Waals surface area contributed by atoms with Gasteiger partial charge in [-0.05, 0) is 12.8 Å². The van der Waals surface area contributed by atoms with Crippen LogP contribution in [0.3, 0.4) is 0 Å². The van der Waals surface area contributed by atoms with Crippen molar-refractivity contribution in [3.8, 4) is 17.2 Å². The lowest BCUT2D eigenvalue weighted by Crippen LogP contribution is -2.47. The van der Waals surface area contributed by atoms with Gasteiger partial charge in [0.2, 0.25) is 0 Å². The van der Waals surface area contributed by atoms with E-state index in [1.54, 1.807) is 34.7 Å². The van der Waals surface area contributed by atoms with Crippen molar-refractivity contribution in [3.05, 3.63) is 29.8 Å². The summed E-state index contributed by atoms with van der Waals surface area (Å²) in [6.45, 7) is 1.47. The average molecular weight is 516 g/mol. The maximum Gasteiger partial charge on any atom is 0.191 e. The largest absolute Gasteiger partial charge is 0.496 e. The van der Waals surface area contributed by atoms with Crippen LogP contribution in [0.5, 0.6) is 17.2 Å². The number of rotatable bonds is 7. The van der Waals surface area contributed by atoms with Crippen LogP contribution >= 0.6 is 24.0 Å². The Labute approximate surface area is 188 Å². The van der Waals surface area contributed by atoms with E-state index in [4.69, 9.17) is 14.2 Å².